The van der Waals surface area contributed by atoms with E-state index in [-0.39, 0.29) is 0 Å². The molecule has 0 heterocycles. The first kappa shape index (κ1) is 16.1. The second kappa shape index (κ2) is 4.73. The fraction of sp³-hybridized carbons (Fsp3) is 0.889. The highest BCUT2D eigenvalue weighted by Gasteiger charge is 2.62. The van der Waals surface area contributed by atoms with Gasteiger partial charge in [-0.3, -0.25) is 4.79 Å². The Balaban J connectivity index is 4.81. The zero-order chi connectivity index (χ0) is 14.1. The topological polar surface area (TPSA) is 26.3 Å². The van der Waals surface area contributed by atoms with Crippen molar-refractivity contribution in [1.29, 1.82) is 0 Å². The predicted octanol–water partition coefficient (Wildman–Crippen LogP) is 3.32. The van der Waals surface area contributed by atoms with Crippen molar-refractivity contribution in [3.8, 4) is 0 Å². The van der Waals surface area contributed by atoms with Crippen molar-refractivity contribution in [2.24, 2.45) is 11.3 Å². The van der Waals surface area contributed by atoms with Gasteiger partial charge in [0.2, 0.25) is 5.92 Å². The summed E-state index contributed by atoms with van der Waals surface area (Å²) in [5, 5.41) is 0. The van der Waals surface area contributed by atoms with E-state index in [0.717, 1.165) is 0 Å². The lowest BCUT2D eigenvalue weighted by Crippen LogP contribution is -2.44. The number of halogens is 6. The van der Waals surface area contributed by atoms with Crippen molar-refractivity contribution in [2.45, 2.75) is 33.1 Å². The van der Waals surface area contributed by atoms with E-state index in [1.165, 1.54) is 20.8 Å². The minimum absolute atomic E-state index is 0.519. The molecule has 0 aromatic rings. The van der Waals surface area contributed by atoms with Crippen LogP contribution in [0.4, 0.5) is 26.3 Å². The van der Waals surface area contributed by atoms with Gasteiger partial charge in [0.15, 0.2) is 0 Å². The van der Waals surface area contributed by atoms with Crippen LogP contribution in [0.15, 0.2) is 0 Å². The molecule has 0 bridgehead atoms. The number of carbonyl (C=O) groups excluding carboxylic acids is 1. The third kappa shape index (κ3) is 5.78. The molecule has 17 heavy (non-hydrogen) atoms. The monoisotopic (exact) mass is 266 g/mol. The van der Waals surface area contributed by atoms with E-state index in [2.05, 4.69) is 4.74 Å². The van der Waals surface area contributed by atoms with E-state index in [0.29, 0.717) is 0 Å². The molecule has 102 valence electrons. The highest BCUT2D eigenvalue weighted by Crippen LogP contribution is 2.40. The van der Waals surface area contributed by atoms with Gasteiger partial charge >= 0.3 is 18.3 Å². The van der Waals surface area contributed by atoms with Gasteiger partial charge < -0.3 is 4.74 Å². The summed E-state index contributed by atoms with van der Waals surface area (Å²) in [5.74, 6) is -6.41. The molecule has 0 amide bonds. The van der Waals surface area contributed by atoms with Gasteiger partial charge in [-0.05, 0) is 5.41 Å². The fourth-order valence-electron chi connectivity index (χ4n) is 0.824. The average Bonchev–Trinajstić information content (AvgIpc) is 1.93. The van der Waals surface area contributed by atoms with Gasteiger partial charge in [0, 0.05) is 0 Å². The van der Waals surface area contributed by atoms with Crippen LogP contribution < -0.4 is 0 Å². The SMILES string of the molecule is CC(C)(C)COC(=O)C(C(F)(F)F)C(F)(F)F. The molecule has 0 aliphatic rings. The Bertz CT molecular complexity index is 259. The molecule has 2 nitrogen and oxygen atoms in total. The van der Waals surface area contributed by atoms with Crippen LogP contribution >= 0.6 is 0 Å². The van der Waals surface area contributed by atoms with E-state index in [9.17, 15) is 31.1 Å². The van der Waals surface area contributed by atoms with Crippen molar-refractivity contribution in [3.05, 3.63) is 0 Å². The minimum atomic E-state index is -5.70. The molecule has 8 heteroatoms. The first-order valence-electron chi connectivity index (χ1n) is 4.55. The lowest BCUT2D eigenvalue weighted by Gasteiger charge is -2.24. The fourth-order valence-corrected chi connectivity index (χ4v) is 0.824. The number of hydrogen-bond donors (Lipinski definition) is 0. The van der Waals surface area contributed by atoms with E-state index >= 15 is 0 Å². The summed E-state index contributed by atoms with van der Waals surface area (Å²) < 4.78 is 76.4. The lowest BCUT2D eigenvalue weighted by molar-refractivity contribution is -0.282. The molecular formula is C9H12F6O2. The predicted molar refractivity (Wildman–Crippen MR) is 46.0 cm³/mol. The van der Waals surface area contributed by atoms with E-state index in [1.807, 2.05) is 0 Å². The van der Waals surface area contributed by atoms with Gasteiger partial charge in [0.1, 0.15) is 0 Å². The summed E-state index contributed by atoms with van der Waals surface area (Å²) in [6, 6.07) is 0. The largest absolute Gasteiger partial charge is 0.464 e. The minimum Gasteiger partial charge on any atom is -0.464 e. The molecule has 0 rings (SSSR count). The second-order valence-electron chi connectivity index (χ2n) is 4.68. The van der Waals surface area contributed by atoms with Gasteiger partial charge in [-0.2, -0.15) is 26.3 Å². The van der Waals surface area contributed by atoms with Crippen molar-refractivity contribution in [1.82, 2.24) is 0 Å². The summed E-state index contributed by atoms with van der Waals surface area (Å²) in [5.41, 5.74) is -0.711. The van der Waals surface area contributed by atoms with Crippen LogP contribution in [0.1, 0.15) is 20.8 Å². The van der Waals surface area contributed by atoms with Crippen molar-refractivity contribution >= 4 is 5.97 Å². The summed E-state index contributed by atoms with van der Waals surface area (Å²) in [6.45, 7) is 4.01. The van der Waals surface area contributed by atoms with Crippen molar-refractivity contribution < 1.29 is 35.9 Å². The maximum absolute atomic E-state index is 12.1. The third-order valence-electron chi connectivity index (χ3n) is 1.54. The Labute approximate surface area is 93.9 Å². The maximum Gasteiger partial charge on any atom is 0.411 e. The zero-order valence-corrected chi connectivity index (χ0v) is 9.37. The van der Waals surface area contributed by atoms with Crippen LogP contribution in [-0.2, 0) is 9.53 Å². The molecule has 0 unspecified atom stereocenters. The number of alkyl halides is 6. The summed E-state index contributed by atoms with van der Waals surface area (Å²) in [6.07, 6.45) is -11.4. The van der Waals surface area contributed by atoms with E-state index in [1.54, 1.807) is 0 Å². The van der Waals surface area contributed by atoms with Crippen LogP contribution in [0.3, 0.4) is 0 Å². The molecule has 0 N–H and O–H groups in total. The molecule has 0 radical (unpaired) electrons. The summed E-state index contributed by atoms with van der Waals surface area (Å²) in [7, 11) is 0. The zero-order valence-electron chi connectivity index (χ0n) is 9.37. The number of esters is 1. The number of carbonyl (C=O) groups is 1. The van der Waals surface area contributed by atoms with E-state index < -0.39 is 36.3 Å². The summed E-state index contributed by atoms with van der Waals surface area (Å²) >= 11 is 0. The maximum atomic E-state index is 12.1. The van der Waals surface area contributed by atoms with Crippen LogP contribution in [0.2, 0.25) is 0 Å². The molecule has 0 atom stereocenters. The molecule has 0 saturated heterocycles. The van der Waals surface area contributed by atoms with Gasteiger partial charge in [-0.15, -0.1) is 0 Å². The molecule has 0 aromatic carbocycles. The van der Waals surface area contributed by atoms with Crippen LogP contribution in [-0.4, -0.2) is 24.9 Å². The van der Waals surface area contributed by atoms with Gasteiger partial charge in [0.05, 0.1) is 6.61 Å². The Morgan fingerprint density at radius 2 is 1.35 bits per heavy atom. The van der Waals surface area contributed by atoms with Gasteiger partial charge in [0.25, 0.3) is 0 Å². The van der Waals surface area contributed by atoms with Crippen LogP contribution in [0.25, 0.3) is 0 Å². The van der Waals surface area contributed by atoms with Crippen LogP contribution in [0, 0.1) is 11.3 Å². The standard InChI is InChI=1S/C9H12F6O2/c1-7(2,3)4-17-6(16)5(8(10,11)12)9(13,14)15/h5H,4H2,1-3H3. The normalized spacial score (nSPS) is 14.0. The van der Waals surface area contributed by atoms with Crippen molar-refractivity contribution in [3.63, 3.8) is 0 Å². The molecule has 0 fully saturated rings. The van der Waals surface area contributed by atoms with Crippen LogP contribution in [0.5, 0.6) is 0 Å². The molecule has 0 spiro atoms. The average molecular weight is 266 g/mol. The number of ether oxygens (including phenoxy) is 1. The highest BCUT2D eigenvalue weighted by atomic mass is 19.4. The highest BCUT2D eigenvalue weighted by molar-refractivity contribution is 5.74. The molecule has 0 aliphatic heterocycles. The third-order valence-corrected chi connectivity index (χ3v) is 1.54. The summed E-state index contributed by atoms with van der Waals surface area (Å²) in [4.78, 5) is 10.8. The van der Waals surface area contributed by atoms with Gasteiger partial charge in [-0.25, -0.2) is 0 Å². The Kier molecular flexibility index (Phi) is 4.47. The number of hydrogen-bond acceptors (Lipinski definition) is 2. The first-order valence-corrected chi connectivity index (χ1v) is 4.55. The first-order chi connectivity index (χ1) is 7.25. The Hall–Kier alpha value is -0.950. The Morgan fingerprint density at radius 3 is 1.59 bits per heavy atom. The Morgan fingerprint density at radius 1 is 1.00 bits per heavy atom. The molecule has 0 aromatic heterocycles. The molecule has 0 aliphatic carbocycles. The molecular weight excluding hydrogens is 254 g/mol. The lowest BCUT2D eigenvalue weighted by atomic mass is 9.98. The number of rotatable bonds is 2. The smallest absolute Gasteiger partial charge is 0.411 e. The molecule has 0 saturated carbocycles. The van der Waals surface area contributed by atoms with Crippen molar-refractivity contribution in [2.75, 3.05) is 6.61 Å². The second-order valence-corrected chi connectivity index (χ2v) is 4.68. The van der Waals surface area contributed by atoms with Gasteiger partial charge in [-0.1, -0.05) is 20.8 Å². The van der Waals surface area contributed by atoms with E-state index in [4.69, 9.17) is 0 Å². The quantitative estimate of drug-likeness (QED) is 0.566.